The maximum absolute atomic E-state index is 12.0. The number of benzene rings is 1. The molecule has 0 unspecified atom stereocenters. The number of nitrogens with zero attached hydrogens (tertiary/aromatic N) is 2. The van der Waals surface area contributed by atoms with Gasteiger partial charge in [-0.15, -0.1) is 0 Å². The van der Waals surface area contributed by atoms with Crippen LogP contribution in [0.1, 0.15) is 27.7 Å². The first kappa shape index (κ1) is 16.1. The zero-order valence-corrected chi connectivity index (χ0v) is 12.3. The molecule has 0 bridgehead atoms. The smallest absolute Gasteiger partial charge is 0.243 e. The number of hydrogen-bond acceptors (Lipinski definition) is 4. The number of amides is 2. The summed E-state index contributed by atoms with van der Waals surface area (Å²) in [5, 5.41) is 2.07. The number of para-hydroxylation sites is 2. The molecule has 6 heteroatoms. The molecular weight excluding hydrogens is 256 g/mol. The SMILES string of the molecule is CC(C)C(=O)N(N)c1ccccc1N(N)C(=O)C(C)C. The second-order valence-electron chi connectivity index (χ2n) is 5.21. The van der Waals surface area contributed by atoms with Gasteiger partial charge >= 0.3 is 0 Å². The van der Waals surface area contributed by atoms with Crippen molar-refractivity contribution >= 4 is 23.2 Å². The van der Waals surface area contributed by atoms with Crippen LogP contribution in [0.15, 0.2) is 24.3 Å². The Morgan fingerprint density at radius 2 is 1.15 bits per heavy atom. The van der Waals surface area contributed by atoms with Gasteiger partial charge in [0.25, 0.3) is 0 Å². The molecule has 0 fully saturated rings. The molecule has 4 N–H and O–H groups in total. The van der Waals surface area contributed by atoms with Gasteiger partial charge in [0.2, 0.25) is 11.8 Å². The first-order valence-electron chi connectivity index (χ1n) is 6.53. The third-order valence-electron chi connectivity index (χ3n) is 2.86. The van der Waals surface area contributed by atoms with Crippen LogP contribution in [0, 0.1) is 11.8 Å². The van der Waals surface area contributed by atoms with Crippen LogP contribution >= 0.6 is 0 Å². The summed E-state index contributed by atoms with van der Waals surface area (Å²) in [6, 6.07) is 6.78. The molecule has 0 saturated heterocycles. The zero-order chi connectivity index (χ0) is 15.4. The highest BCUT2D eigenvalue weighted by atomic mass is 16.2. The summed E-state index contributed by atoms with van der Waals surface area (Å²) in [5.74, 6) is 10.7. The van der Waals surface area contributed by atoms with E-state index < -0.39 is 0 Å². The molecule has 0 atom stereocenters. The number of anilines is 2. The summed E-state index contributed by atoms with van der Waals surface area (Å²) in [6.45, 7) is 7.02. The lowest BCUT2D eigenvalue weighted by Gasteiger charge is -2.26. The van der Waals surface area contributed by atoms with E-state index in [1.807, 2.05) is 0 Å². The van der Waals surface area contributed by atoms with Gasteiger partial charge in [0.1, 0.15) is 0 Å². The van der Waals surface area contributed by atoms with Gasteiger partial charge in [-0.3, -0.25) is 9.59 Å². The quantitative estimate of drug-likeness (QED) is 0.495. The molecule has 0 spiro atoms. The number of carbonyl (C=O) groups is 2. The highest BCUT2D eigenvalue weighted by Gasteiger charge is 2.23. The van der Waals surface area contributed by atoms with Crippen LogP contribution in [0.3, 0.4) is 0 Å². The van der Waals surface area contributed by atoms with Crippen molar-refractivity contribution in [2.24, 2.45) is 23.5 Å². The van der Waals surface area contributed by atoms with Crippen molar-refractivity contribution in [1.82, 2.24) is 0 Å². The Morgan fingerprint density at radius 3 is 1.40 bits per heavy atom. The molecule has 0 saturated carbocycles. The van der Waals surface area contributed by atoms with Gasteiger partial charge < -0.3 is 0 Å². The predicted octanol–water partition coefficient (Wildman–Crippen LogP) is 1.41. The van der Waals surface area contributed by atoms with Crippen LogP contribution in [0.4, 0.5) is 11.4 Å². The predicted molar refractivity (Wildman–Crippen MR) is 79.5 cm³/mol. The van der Waals surface area contributed by atoms with Crippen molar-refractivity contribution in [3.8, 4) is 0 Å². The fourth-order valence-corrected chi connectivity index (χ4v) is 1.67. The molecule has 20 heavy (non-hydrogen) atoms. The Kier molecular flexibility index (Phi) is 5.24. The summed E-state index contributed by atoms with van der Waals surface area (Å²) in [5.41, 5.74) is 0.811. The van der Waals surface area contributed by atoms with Crippen molar-refractivity contribution in [3.05, 3.63) is 24.3 Å². The van der Waals surface area contributed by atoms with Crippen LogP contribution in [0.5, 0.6) is 0 Å². The Bertz CT molecular complexity index is 455. The van der Waals surface area contributed by atoms with E-state index >= 15 is 0 Å². The molecule has 110 valence electrons. The number of hydrogen-bond donors (Lipinski definition) is 2. The Hall–Kier alpha value is -1.92. The molecule has 0 radical (unpaired) electrons. The van der Waals surface area contributed by atoms with Crippen LogP contribution in [0.2, 0.25) is 0 Å². The first-order valence-corrected chi connectivity index (χ1v) is 6.53. The van der Waals surface area contributed by atoms with Crippen LogP contribution < -0.4 is 21.7 Å². The minimum Gasteiger partial charge on any atom is -0.273 e. The third-order valence-corrected chi connectivity index (χ3v) is 2.86. The van der Waals surface area contributed by atoms with E-state index in [9.17, 15) is 9.59 Å². The second-order valence-corrected chi connectivity index (χ2v) is 5.21. The highest BCUT2D eigenvalue weighted by molar-refractivity contribution is 6.01. The largest absolute Gasteiger partial charge is 0.273 e. The van der Waals surface area contributed by atoms with Crippen molar-refractivity contribution in [2.45, 2.75) is 27.7 Å². The van der Waals surface area contributed by atoms with Crippen LogP contribution in [0.25, 0.3) is 0 Å². The number of carbonyl (C=O) groups excluding carboxylic acids is 2. The van der Waals surface area contributed by atoms with E-state index in [0.717, 1.165) is 10.0 Å². The fraction of sp³-hybridized carbons (Fsp3) is 0.429. The lowest BCUT2D eigenvalue weighted by Crippen LogP contribution is -2.44. The van der Waals surface area contributed by atoms with Crippen molar-refractivity contribution < 1.29 is 9.59 Å². The summed E-state index contributed by atoms with van der Waals surface area (Å²) >= 11 is 0. The number of nitrogens with two attached hydrogens (primary N) is 2. The standard InChI is InChI=1S/C14H22N4O2/c1-9(2)13(19)17(15)11-7-5-6-8-12(11)18(16)14(20)10(3)4/h5-10H,15-16H2,1-4H3. The molecule has 1 aromatic carbocycles. The van der Waals surface area contributed by atoms with Gasteiger partial charge in [-0.05, 0) is 12.1 Å². The molecule has 2 amide bonds. The normalized spacial score (nSPS) is 10.8. The summed E-state index contributed by atoms with van der Waals surface area (Å²) in [7, 11) is 0. The molecule has 1 rings (SSSR count). The molecule has 0 aliphatic rings. The van der Waals surface area contributed by atoms with Crippen molar-refractivity contribution in [2.75, 3.05) is 10.0 Å². The minimum absolute atomic E-state index is 0.247. The topological polar surface area (TPSA) is 92.7 Å². The minimum atomic E-state index is -0.250. The van der Waals surface area contributed by atoms with Gasteiger partial charge in [-0.1, -0.05) is 39.8 Å². The molecule has 0 heterocycles. The van der Waals surface area contributed by atoms with E-state index in [1.54, 1.807) is 52.0 Å². The molecule has 1 aromatic rings. The average molecular weight is 278 g/mol. The van der Waals surface area contributed by atoms with E-state index in [-0.39, 0.29) is 23.7 Å². The van der Waals surface area contributed by atoms with E-state index in [0.29, 0.717) is 11.4 Å². The molecule has 0 aromatic heterocycles. The summed E-state index contributed by atoms with van der Waals surface area (Å²) in [4.78, 5) is 24.0. The summed E-state index contributed by atoms with van der Waals surface area (Å²) in [6.07, 6.45) is 0. The van der Waals surface area contributed by atoms with Gasteiger partial charge in [0.05, 0.1) is 11.4 Å². The summed E-state index contributed by atoms with van der Waals surface area (Å²) < 4.78 is 0. The van der Waals surface area contributed by atoms with Crippen molar-refractivity contribution in [1.29, 1.82) is 0 Å². The van der Waals surface area contributed by atoms with Gasteiger partial charge in [-0.25, -0.2) is 21.7 Å². The van der Waals surface area contributed by atoms with E-state index in [1.165, 1.54) is 0 Å². The van der Waals surface area contributed by atoms with Gasteiger partial charge in [0.15, 0.2) is 0 Å². The first-order chi connectivity index (χ1) is 9.27. The fourth-order valence-electron chi connectivity index (χ4n) is 1.67. The molecular formula is C14H22N4O2. The van der Waals surface area contributed by atoms with Gasteiger partial charge in [0, 0.05) is 11.8 Å². The maximum atomic E-state index is 12.0. The Balaban J connectivity index is 3.17. The monoisotopic (exact) mass is 278 g/mol. The third kappa shape index (κ3) is 3.34. The van der Waals surface area contributed by atoms with Crippen LogP contribution in [-0.4, -0.2) is 11.8 Å². The Morgan fingerprint density at radius 1 is 0.850 bits per heavy atom. The average Bonchev–Trinajstić information content (AvgIpc) is 2.43. The lowest BCUT2D eigenvalue weighted by atomic mass is 10.1. The molecule has 6 nitrogen and oxygen atoms in total. The zero-order valence-electron chi connectivity index (χ0n) is 12.3. The maximum Gasteiger partial charge on any atom is 0.243 e. The highest BCUT2D eigenvalue weighted by Crippen LogP contribution is 2.27. The van der Waals surface area contributed by atoms with E-state index in [2.05, 4.69) is 0 Å². The number of rotatable bonds is 4. The molecule has 0 aliphatic carbocycles. The Labute approximate surface area is 119 Å². The van der Waals surface area contributed by atoms with E-state index in [4.69, 9.17) is 11.7 Å². The van der Waals surface area contributed by atoms with Crippen LogP contribution in [-0.2, 0) is 9.59 Å². The molecule has 0 aliphatic heterocycles. The number of hydrazine groups is 2. The lowest BCUT2D eigenvalue weighted by molar-refractivity contribution is -0.122. The van der Waals surface area contributed by atoms with Crippen molar-refractivity contribution in [3.63, 3.8) is 0 Å². The van der Waals surface area contributed by atoms with Gasteiger partial charge in [-0.2, -0.15) is 0 Å². The second kappa shape index (κ2) is 6.49.